The molecule has 8 heteroatoms. The summed E-state index contributed by atoms with van der Waals surface area (Å²) in [6, 6.07) is 2.13. The highest BCUT2D eigenvalue weighted by Crippen LogP contribution is 2.23. The molecule has 0 aliphatic carbocycles. The van der Waals surface area contributed by atoms with Gasteiger partial charge in [0.15, 0.2) is 0 Å². The maximum Gasteiger partial charge on any atom is 0.262 e. The maximum atomic E-state index is 12.9. The molecular formula is C17H18N4O3S. The lowest BCUT2D eigenvalue weighted by Crippen LogP contribution is -2.48. The summed E-state index contributed by atoms with van der Waals surface area (Å²) in [6.07, 6.45) is 1.28. The molecule has 0 unspecified atom stereocenters. The molecule has 0 spiro atoms. The number of carbonyl (C=O) groups is 1. The lowest BCUT2D eigenvalue weighted by Gasteiger charge is -2.34. The van der Waals surface area contributed by atoms with E-state index >= 15 is 0 Å². The summed E-state index contributed by atoms with van der Waals surface area (Å²) in [5, 5.41) is 4.47. The van der Waals surface area contributed by atoms with Crippen LogP contribution in [0.4, 0.5) is 0 Å². The van der Waals surface area contributed by atoms with Gasteiger partial charge in [-0.3, -0.25) is 14.5 Å². The van der Waals surface area contributed by atoms with Gasteiger partial charge >= 0.3 is 0 Å². The van der Waals surface area contributed by atoms with Crippen molar-refractivity contribution in [2.24, 2.45) is 0 Å². The minimum Gasteiger partial charge on any atom is -0.442 e. The first-order chi connectivity index (χ1) is 12.1. The highest BCUT2D eigenvalue weighted by atomic mass is 32.1. The van der Waals surface area contributed by atoms with Gasteiger partial charge in [0.05, 0.1) is 11.9 Å². The first-order valence-electron chi connectivity index (χ1n) is 8.13. The summed E-state index contributed by atoms with van der Waals surface area (Å²) < 4.78 is 5.50. The van der Waals surface area contributed by atoms with E-state index < -0.39 is 0 Å². The highest BCUT2D eigenvalue weighted by molar-refractivity contribution is 7.07. The molecule has 4 heterocycles. The smallest absolute Gasteiger partial charge is 0.262 e. The summed E-state index contributed by atoms with van der Waals surface area (Å²) in [7, 11) is 0. The van der Waals surface area contributed by atoms with Crippen LogP contribution in [0, 0.1) is 6.92 Å². The van der Waals surface area contributed by atoms with Crippen molar-refractivity contribution < 1.29 is 9.21 Å². The molecule has 0 atom stereocenters. The Bertz CT molecular complexity index is 952. The van der Waals surface area contributed by atoms with Crippen LogP contribution in [0.25, 0.3) is 11.1 Å². The van der Waals surface area contributed by atoms with Crippen molar-refractivity contribution in [3.63, 3.8) is 0 Å². The molecule has 4 rings (SSSR count). The van der Waals surface area contributed by atoms with Crippen LogP contribution < -0.4 is 5.56 Å². The van der Waals surface area contributed by atoms with Gasteiger partial charge in [0.1, 0.15) is 11.1 Å². The largest absolute Gasteiger partial charge is 0.442 e. The monoisotopic (exact) mass is 358 g/mol. The number of thiophene rings is 1. The van der Waals surface area contributed by atoms with Gasteiger partial charge in [-0.15, -0.1) is 0 Å². The number of aryl methyl sites for hydroxylation is 1. The molecule has 3 aromatic heterocycles. The van der Waals surface area contributed by atoms with Crippen molar-refractivity contribution >= 4 is 28.3 Å². The first kappa shape index (κ1) is 16.0. The predicted molar refractivity (Wildman–Crippen MR) is 94.9 cm³/mol. The van der Waals surface area contributed by atoms with Crippen LogP contribution in [0.3, 0.4) is 0 Å². The van der Waals surface area contributed by atoms with Crippen LogP contribution in [-0.4, -0.2) is 51.9 Å². The van der Waals surface area contributed by atoms with Crippen LogP contribution in [-0.2, 0) is 6.54 Å². The van der Waals surface area contributed by atoms with E-state index in [1.165, 1.54) is 11.9 Å². The zero-order valence-corrected chi connectivity index (χ0v) is 14.6. The SMILES string of the molecule is Cc1oc2nc[nH]c(=O)c2c1C(=O)N1CCN(Cc2ccsc2)CC1. The number of aromatic amines is 1. The normalized spacial score (nSPS) is 15.8. The molecule has 0 aromatic carbocycles. The Balaban J connectivity index is 1.51. The minimum absolute atomic E-state index is 0.162. The Hall–Kier alpha value is -2.45. The fourth-order valence-electron chi connectivity index (χ4n) is 3.22. The lowest BCUT2D eigenvalue weighted by atomic mass is 10.1. The molecule has 7 nitrogen and oxygen atoms in total. The van der Waals surface area contributed by atoms with Gasteiger partial charge in [-0.05, 0) is 29.3 Å². The summed E-state index contributed by atoms with van der Waals surface area (Å²) in [5.74, 6) is 0.273. The Labute approximate surface area is 147 Å². The molecule has 0 radical (unpaired) electrons. The quantitative estimate of drug-likeness (QED) is 0.773. The molecule has 3 aromatic rings. The van der Waals surface area contributed by atoms with E-state index in [2.05, 4.69) is 31.7 Å². The Kier molecular flexibility index (Phi) is 4.14. The maximum absolute atomic E-state index is 12.9. The van der Waals surface area contributed by atoms with Crippen molar-refractivity contribution in [1.82, 2.24) is 19.8 Å². The number of piperazine rings is 1. The summed E-state index contributed by atoms with van der Waals surface area (Å²) in [4.78, 5) is 35.7. The van der Waals surface area contributed by atoms with Gasteiger partial charge in [-0.1, -0.05) is 0 Å². The number of rotatable bonds is 3. The molecule has 1 saturated heterocycles. The average molecular weight is 358 g/mol. The van der Waals surface area contributed by atoms with Gasteiger partial charge in [0.2, 0.25) is 5.71 Å². The third-order valence-electron chi connectivity index (χ3n) is 4.53. The van der Waals surface area contributed by atoms with E-state index in [0.717, 1.165) is 19.6 Å². The lowest BCUT2D eigenvalue weighted by molar-refractivity contribution is 0.0628. The Morgan fingerprint density at radius 1 is 1.36 bits per heavy atom. The van der Waals surface area contributed by atoms with E-state index in [4.69, 9.17) is 4.42 Å². The van der Waals surface area contributed by atoms with Crippen molar-refractivity contribution in [3.8, 4) is 0 Å². The number of nitrogens with zero attached hydrogens (tertiary/aromatic N) is 3. The molecule has 25 heavy (non-hydrogen) atoms. The predicted octanol–water partition coefficient (Wildman–Crippen LogP) is 1.84. The van der Waals surface area contributed by atoms with Gasteiger partial charge in [0.25, 0.3) is 11.5 Å². The molecule has 1 aliphatic heterocycles. The number of hydrogen-bond acceptors (Lipinski definition) is 6. The van der Waals surface area contributed by atoms with Crippen LogP contribution >= 0.6 is 11.3 Å². The van der Waals surface area contributed by atoms with Crippen molar-refractivity contribution in [1.29, 1.82) is 0 Å². The third-order valence-corrected chi connectivity index (χ3v) is 5.26. The van der Waals surface area contributed by atoms with Crippen molar-refractivity contribution in [2.45, 2.75) is 13.5 Å². The van der Waals surface area contributed by atoms with Gasteiger partial charge in [-0.2, -0.15) is 11.3 Å². The molecule has 1 fully saturated rings. The molecule has 1 N–H and O–H groups in total. The van der Waals surface area contributed by atoms with Gasteiger partial charge < -0.3 is 14.3 Å². The topological polar surface area (TPSA) is 82.4 Å². The molecular weight excluding hydrogens is 340 g/mol. The van der Waals surface area contributed by atoms with E-state index in [1.54, 1.807) is 23.2 Å². The van der Waals surface area contributed by atoms with E-state index in [9.17, 15) is 9.59 Å². The fourth-order valence-corrected chi connectivity index (χ4v) is 3.88. The number of aromatic nitrogens is 2. The zero-order valence-electron chi connectivity index (χ0n) is 13.8. The van der Waals surface area contributed by atoms with Crippen molar-refractivity contribution in [3.05, 3.63) is 50.4 Å². The number of H-pyrrole nitrogens is 1. The van der Waals surface area contributed by atoms with Gasteiger partial charge in [0, 0.05) is 32.7 Å². The second-order valence-electron chi connectivity index (χ2n) is 6.15. The summed E-state index contributed by atoms with van der Waals surface area (Å²) in [5.41, 5.74) is 1.50. The van der Waals surface area contributed by atoms with E-state index in [0.29, 0.717) is 24.4 Å². The van der Waals surface area contributed by atoms with Crippen LogP contribution in [0.15, 0.2) is 32.4 Å². The van der Waals surface area contributed by atoms with E-state index in [1.807, 2.05) is 0 Å². The summed E-state index contributed by atoms with van der Waals surface area (Å²) >= 11 is 1.70. The number of nitrogens with one attached hydrogen (secondary N) is 1. The second kappa shape index (κ2) is 6.45. The molecule has 130 valence electrons. The highest BCUT2D eigenvalue weighted by Gasteiger charge is 2.28. The van der Waals surface area contributed by atoms with Gasteiger partial charge in [-0.25, -0.2) is 4.98 Å². The molecule has 1 amide bonds. The number of hydrogen-bond donors (Lipinski definition) is 1. The standard InChI is InChI=1S/C17H18N4O3S/c1-11-13(14-15(22)18-10-19-16(14)24-11)17(23)21-5-3-20(4-6-21)8-12-2-7-25-9-12/h2,7,9-10H,3-6,8H2,1H3,(H,18,19,22). The minimum atomic E-state index is -0.346. The number of amides is 1. The molecule has 1 aliphatic rings. The number of carbonyl (C=O) groups excluding carboxylic acids is 1. The van der Waals surface area contributed by atoms with E-state index in [-0.39, 0.29) is 22.6 Å². The number of fused-ring (bicyclic) bond motifs is 1. The van der Waals surface area contributed by atoms with Crippen LogP contribution in [0.2, 0.25) is 0 Å². The average Bonchev–Trinajstić information content (AvgIpc) is 3.22. The van der Waals surface area contributed by atoms with Crippen LogP contribution in [0.1, 0.15) is 21.7 Å². The first-order valence-corrected chi connectivity index (χ1v) is 9.07. The Morgan fingerprint density at radius 3 is 2.88 bits per heavy atom. The third kappa shape index (κ3) is 2.98. The second-order valence-corrected chi connectivity index (χ2v) is 6.93. The Morgan fingerprint density at radius 2 is 2.16 bits per heavy atom. The number of furan rings is 1. The van der Waals surface area contributed by atoms with Crippen LogP contribution in [0.5, 0.6) is 0 Å². The zero-order chi connectivity index (χ0) is 17.4. The fraction of sp³-hybridized carbons (Fsp3) is 0.353. The molecule has 0 saturated carbocycles. The molecule has 0 bridgehead atoms. The summed E-state index contributed by atoms with van der Waals surface area (Å²) in [6.45, 7) is 5.49. The van der Waals surface area contributed by atoms with Crippen molar-refractivity contribution in [2.75, 3.05) is 26.2 Å².